The van der Waals surface area contributed by atoms with Gasteiger partial charge in [-0.1, -0.05) is 66.0 Å². The van der Waals surface area contributed by atoms with Crippen molar-refractivity contribution in [2.75, 3.05) is 39.3 Å². The molecule has 3 saturated heterocycles. The fourth-order valence-corrected chi connectivity index (χ4v) is 9.06. The highest BCUT2D eigenvalue weighted by atomic mass is 35.5. The second kappa shape index (κ2) is 15.0. The number of nitrogens with zero attached hydrogens (tertiary/aromatic N) is 3. The van der Waals surface area contributed by atoms with E-state index in [2.05, 4.69) is 45.4 Å². The molecule has 3 atom stereocenters. The predicted octanol–water partition coefficient (Wildman–Crippen LogP) is 5.99. The minimum atomic E-state index is -1.33. The van der Waals surface area contributed by atoms with Crippen molar-refractivity contribution in [1.82, 2.24) is 20.0 Å². The number of piperazine rings is 1. The molecule has 1 aliphatic carbocycles. The fraction of sp³-hybridized carbons (Fsp3) is 0.486. The van der Waals surface area contributed by atoms with Gasteiger partial charge in [0.2, 0.25) is 5.91 Å². The van der Waals surface area contributed by atoms with Gasteiger partial charge in [0.05, 0.1) is 23.5 Å². The van der Waals surface area contributed by atoms with Crippen LogP contribution < -0.4 is 5.32 Å². The molecule has 48 heavy (non-hydrogen) atoms. The van der Waals surface area contributed by atoms with Gasteiger partial charge in [-0.25, -0.2) is 9.59 Å². The first-order chi connectivity index (χ1) is 23.1. The molecule has 256 valence electrons. The van der Waals surface area contributed by atoms with E-state index >= 15 is 0 Å². The third kappa shape index (κ3) is 7.59. The largest absolute Gasteiger partial charge is 0.478 e. The monoisotopic (exact) mass is 694 g/mol. The molecule has 5 aliphatic rings. The maximum absolute atomic E-state index is 13.7. The molecule has 9 nitrogen and oxygen atoms in total. The van der Waals surface area contributed by atoms with E-state index in [1.165, 1.54) is 37.7 Å². The van der Waals surface area contributed by atoms with E-state index in [1.54, 1.807) is 30.0 Å². The van der Waals surface area contributed by atoms with Gasteiger partial charge in [0.25, 0.3) is 0 Å². The molecule has 7 rings (SSSR count). The van der Waals surface area contributed by atoms with Gasteiger partial charge in [-0.05, 0) is 62.1 Å². The van der Waals surface area contributed by atoms with Gasteiger partial charge in [0, 0.05) is 78.9 Å². The Balaban J connectivity index is 1.13. The smallest absolute Gasteiger partial charge is 0.334 e. The van der Waals surface area contributed by atoms with Crippen LogP contribution in [-0.4, -0.2) is 88.1 Å². The summed E-state index contributed by atoms with van der Waals surface area (Å²) in [6.45, 7) is 7.52. The van der Waals surface area contributed by atoms with Crippen molar-refractivity contribution in [3.05, 3.63) is 92.2 Å². The van der Waals surface area contributed by atoms with E-state index in [0.29, 0.717) is 31.0 Å². The van der Waals surface area contributed by atoms with E-state index in [1.807, 2.05) is 0 Å². The number of carboxylic acid groups (broad SMARTS) is 2. The maximum Gasteiger partial charge on any atom is 0.334 e. The van der Waals surface area contributed by atoms with Crippen molar-refractivity contribution in [1.29, 1.82) is 0 Å². The summed E-state index contributed by atoms with van der Waals surface area (Å²) in [4.78, 5) is 45.9. The second-order valence-corrected chi connectivity index (χ2v) is 14.6. The molecule has 11 heteroatoms. The number of hydrogen-bond donors (Lipinski definition) is 3. The normalized spacial score (nSPS) is 25.7. The Labute approximate surface area is 292 Å². The molecule has 0 spiro atoms. The first-order valence-corrected chi connectivity index (χ1v) is 17.7. The lowest BCUT2D eigenvalue weighted by molar-refractivity contribution is -0.133. The van der Waals surface area contributed by atoms with Crippen molar-refractivity contribution in [2.45, 2.75) is 64.0 Å². The van der Waals surface area contributed by atoms with Crippen LogP contribution >= 0.6 is 23.2 Å². The van der Waals surface area contributed by atoms with Crippen LogP contribution in [0.4, 0.5) is 0 Å². The van der Waals surface area contributed by atoms with Gasteiger partial charge < -0.3 is 20.4 Å². The second-order valence-electron chi connectivity index (χ2n) is 13.8. The van der Waals surface area contributed by atoms with Gasteiger partial charge in [0.1, 0.15) is 0 Å². The van der Waals surface area contributed by atoms with Crippen LogP contribution in [0, 0.1) is 11.8 Å². The van der Waals surface area contributed by atoms with Crippen LogP contribution in [-0.2, 0) is 20.9 Å². The average Bonchev–Trinajstić information content (AvgIpc) is 3.01. The number of carbonyl (C=O) groups is 3. The van der Waals surface area contributed by atoms with E-state index < -0.39 is 17.9 Å². The van der Waals surface area contributed by atoms with E-state index in [-0.39, 0.29) is 50.5 Å². The van der Waals surface area contributed by atoms with Crippen LogP contribution in [0.25, 0.3) is 0 Å². The standard InChI is InChI=1S/C37H44Cl2N4O5/c1-23-32(36(45)46)35(33-28(38)11-6-12-29(33)39)34(37(47)48)30(40-23)19-31(44)43-15-13-42(14-16-43)27-17-25-9-5-10-26(18-27)22-41(21-25)20-24-7-3-2-4-8-24/h2-4,6-8,11-12,25-27,35,40H,5,9-10,13-22H2,1H3,(H,45,46)(H,47,48). The van der Waals surface area contributed by atoms with Crippen LogP contribution in [0.3, 0.4) is 0 Å². The molecule has 1 saturated carbocycles. The van der Waals surface area contributed by atoms with Crippen LogP contribution in [0.2, 0.25) is 10.0 Å². The number of allylic oxidation sites excluding steroid dienone is 1. The zero-order valence-corrected chi connectivity index (χ0v) is 28.8. The highest BCUT2D eigenvalue weighted by Gasteiger charge is 2.41. The maximum atomic E-state index is 13.7. The lowest BCUT2D eigenvalue weighted by atomic mass is 9.79. The number of carboxylic acids is 2. The van der Waals surface area contributed by atoms with Crippen LogP contribution in [0.15, 0.2) is 71.1 Å². The lowest BCUT2D eigenvalue weighted by Gasteiger charge is -2.46. The van der Waals surface area contributed by atoms with Gasteiger partial charge in [0.15, 0.2) is 0 Å². The molecule has 4 fully saturated rings. The molecular weight excluding hydrogens is 651 g/mol. The van der Waals surface area contributed by atoms with Crippen molar-refractivity contribution in [2.24, 2.45) is 11.8 Å². The molecule has 3 unspecified atom stereocenters. The minimum absolute atomic E-state index is 0.156. The van der Waals surface area contributed by atoms with Crippen molar-refractivity contribution < 1.29 is 24.6 Å². The molecule has 2 aromatic rings. The Morgan fingerprint density at radius 2 is 1.44 bits per heavy atom. The fourth-order valence-electron chi connectivity index (χ4n) is 8.45. The van der Waals surface area contributed by atoms with Gasteiger partial charge in [-0.15, -0.1) is 0 Å². The van der Waals surface area contributed by atoms with Crippen LogP contribution in [0.1, 0.15) is 62.5 Å². The first-order valence-electron chi connectivity index (χ1n) is 17.0. The molecule has 2 bridgehead atoms. The highest BCUT2D eigenvalue weighted by molar-refractivity contribution is 6.36. The Kier molecular flexibility index (Phi) is 10.8. The third-order valence-electron chi connectivity index (χ3n) is 10.6. The molecular formula is C37H44Cl2N4O5. The van der Waals surface area contributed by atoms with Crippen molar-refractivity contribution in [3.8, 4) is 0 Å². The summed E-state index contributed by atoms with van der Waals surface area (Å²) in [5.41, 5.74) is 1.58. The quantitative estimate of drug-likeness (QED) is 0.309. The minimum Gasteiger partial charge on any atom is -0.478 e. The summed E-state index contributed by atoms with van der Waals surface area (Å²) < 4.78 is 0. The van der Waals surface area contributed by atoms with Gasteiger partial charge in [-0.3, -0.25) is 14.6 Å². The lowest BCUT2D eigenvalue weighted by Crippen LogP contribution is -2.54. The number of halogens is 2. The SMILES string of the molecule is CC1=C(C(=O)O)C(c2c(Cl)cccc2Cl)C(C(=O)O)=C(CC(=O)N2CCN(C3CC4CCCC(C3)CN(Cc3ccccc3)C4)CC2)N1. The number of fused-ring (bicyclic) bond motifs is 6. The summed E-state index contributed by atoms with van der Waals surface area (Å²) in [5, 5.41) is 23.7. The van der Waals surface area contributed by atoms with Crippen molar-refractivity contribution >= 4 is 41.0 Å². The summed E-state index contributed by atoms with van der Waals surface area (Å²) in [6, 6.07) is 16.0. The number of hydrogen-bond acceptors (Lipinski definition) is 6. The summed E-state index contributed by atoms with van der Waals surface area (Å²) in [5.74, 6) is -2.75. The number of dihydropyridines is 1. The number of benzene rings is 2. The summed E-state index contributed by atoms with van der Waals surface area (Å²) in [7, 11) is 0. The molecule has 0 aromatic heterocycles. The zero-order chi connectivity index (χ0) is 33.9. The number of rotatable bonds is 8. The highest BCUT2D eigenvalue weighted by Crippen LogP contribution is 2.44. The number of amides is 1. The molecule has 2 aromatic carbocycles. The van der Waals surface area contributed by atoms with E-state index in [9.17, 15) is 24.6 Å². The summed E-state index contributed by atoms with van der Waals surface area (Å²) in [6.07, 6.45) is 5.99. The Morgan fingerprint density at radius 1 is 0.833 bits per heavy atom. The van der Waals surface area contributed by atoms with E-state index in [4.69, 9.17) is 23.2 Å². The Morgan fingerprint density at radius 3 is 2.02 bits per heavy atom. The topological polar surface area (TPSA) is 113 Å². The van der Waals surface area contributed by atoms with Gasteiger partial charge in [-0.2, -0.15) is 0 Å². The molecule has 1 amide bonds. The zero-order valence-electron chi connectivity index (χ0n) is 27.3. The Hall–Kier alpha value is -3.37. The first kappa shape index (κ1) is 34.5. The van der Waals surface area contributed by atoms with E-state index in [0.717, 1.165) is 32.7 Å². The Bertz CT molecular complexity index is 1570. The summed E-state index contributed by atoms with van der Waals surface area (Å²) >= 11 is 13.0. The number of aliphatic carboxylic acids is 2. The predicted molar refractivity (Wildman–Crippen MR) is 186 cm³/mol. The van der Waals surface area contributed by atoms with Crippen LogP contribution in [0.5, 0.6) is 0 Å². The molecule has 4 aliphatic heterocycles. The number of nitrogens with one attached hydrogen (secondary N) is 1. The molecule has 3 N–H and O–H groups in total. The van der Waals surface area contributed by atoms with Crippen molar-refractivity contribution in [3.63, 3.8) is 0 Å². The van der Waals surface area contributed by atoms with Gasteiger partial charge >= 0.3 is 11.9 Å². The average molecular weight is 696 g/mol. The molecule has 4 heterocycles. The number of carbonyl (C=O) groups excluding carboxylic acids is 1. The third-order valence-corrected chi connectivity index (χ3v) is 11.3. The molecule has 0 radical (unpaired) electrons.